The van der Waals surface area contributed by atoms with Gasteiger partial charge in [-0.2, -0.15) is 0 Å². The van der Waals surface area contributed by atoms with Gasteiger partial charge in [-0.15, -0.1) is 0 Å². The van der Waals surface area contributed by atoms with Crippen LogP contribution in [0.25, 0.3) is 0 Å². The minimum Gasteiger partial charge on any atom is -0.454 e. The zero-order valence-corrected chi connectivity index (χ0v) is 28.1. The second-order valence-electron chi connectivity index (χ2n) is 14.3. The van der Waals surface area contributed by atoms with E-state index in [4.69, 9.17) is 25.9 Å². The van der Waals surface area contributed by atoms with Crippen molar-refractivity contribution in [3.63, 3.8) is 0 Å². The zero-order valence-electron chi connectivity index (χ0n) is 27.4. The van der Waals surface area contributed by atoms with Gasteiger partial charge in [-0.3, -0.25) is 29.6 Å². The smallest absolute Gasteiger partial charge is 0.323 e. The maximum absolute atomic E-state index is 14.0. The van der Waals surface area contributed by atoms with Gasteiger partial charge in [-0.05, 0) is 62.0 Å². The Bertz CT molecular complexity index is 1430. The molecule has 46 heavy (non-hydrogen) atoms. The molecule has 1 saturated heterocycles. The van der Waals surface area contributed by atoms with Crippen LogP contribution in [0.3, 0.4) is 0 Å². The quantitative estimate of drug-likeness (QED) is 0.295. The van der Waals surface area contributed by atoms with Crippen LogP contribution < -0.4 is 10.4 Å². The van der Waals surface area contributed by atoms with Crippen LogP contribution in [0.5, 0.6) is 0 Å². The number of halogens is 1. The number of amides is 1. The second kappa shape index (κ2) is 12.1. The summed E-state index contributed by atoms with van der Waals surface area (Å²) in [6.07, 6.45) is 2.14. The average molecular weight is 660 g/mol. The van der Waals surface area contributed by atoms with Crippen LogP contribution in [0, 0.1) is 29.6 Å². The van der Waals surface area contributed by atoms with Crippen LogP contribution in [0.2, 0.25) is 5.02 Å². The minimum absolute atomic E-state index is 0.0107. The number of carbonyl (C=O) groups excluding carboxylic acids is 3. The largest absolute Gasteiger partial charge is 0.454 e. The van der Waals surface area contributed by atoms with Crippen molar-refractivity contribution in [1.29, 1.82) is 0 Å². The summed E-state index contributed by atoms with van der Waals surface area (Å²) < 4.78 is 12.0. The van der Waals surface area contributed by atoms with E-state index >= 15 is 0 Å². The van der Waals surface area contributed by atoms with E-state index in [1.807, 2.05) is 27.0 Å². The van der Waals surface area contributed by atoms with E-state index in [0.29, 0.717) is 34.8 Å². The van der Waals surface area contributed by atoms with Crippen molar-refractivity contribution in [3.8, 4) is 0 Å². The molecule has 0 bridgehead atoms. The van der Waals surface area contributed by atoms with Crippen molar-refractivity contribution in [2.75, 3.05) is 25.7 Å². The molecular formula is C34H46ClN3O8. The van der Waals surface area contributed by atoms with E-state index in [1.165, 1.54) is 12.0 Å². The van der Waals surface area contributed by atoms with Gasteiger partial charge in [0.15, 0.2) is 18.4 Å². The fourth-order valence-corrected chi connectivity index (χ4v) is 8.75. The lowest BCUT2D eigenvalue weighted by atomic mass is 9.55. The number of hydrogen-bond acceptors (Lipinski definition) is 10. The van der Waals surface area contributed by atoms with Gasteiger partial charge in [0, 0.05) is 51.4 Å². The molecule has 6 rings (SSSR count). The molecule has 12 heteroatoms. The van der Waals surface area contributed by atoms with Crippen LogP contribution in [-0.4, -0.2) is 83.7 Å². The van der Waals surface area contributed by atoms with Crippen molar-refractivity contribution < 1.29 is 38.9 Å². The van der Waals surface area contributed by atoms with Gasteiger partial charge >= 0.3 is 11.9 Å². The molecular weight excluding hydrogens is 614 g/mol. The number of ether oxygens (including phenoxy) is 2. The number of hydrogen-bond donors (Lipinski definition) is 3. The first-order valence-electron chi connectivity index (χ1n) is 16.4. The summed E-state index contributed by atoms with van der Waals surface area (Å²) in [5.41, 5.74) is -1.39. The third-order valence-electron chi connectivity index (χ3n) is 11.1. The molecule has 1 unspecified atom stereocenters. The molecule has 10 atom stereocenters. The zero-order chi connectivity index (χ0) is 33.3. The number of carbonyl (C=O) groups is 3. The van der Waals surface area contributed by atoms with Gasteiger partial charge in [0.05, 0.1) is 10.7 Å². The fraction of sp³-hybridized carbons (Fsp3) is 0.676. The van der Waals surface area contributed by atoms with Gasteiger partial charge in [0.25, 0.3) is 0 Å². The topological polar surface area (TPSA) is 138 Å². The molecule has 3 fully saturated rings. The lowest BCUT2D eigenvalue weighted by Gasteiger charge is -2.56. The number of anilines is 1. The standard InChI is InChI=1S/C34H46ClN3O8/c1-17-14-24-22(18(2)16-37(5)30(40)21-11-12-21)13-10-19(3)34(24,43)29(28(17)44-20(4)39)45-31(41)26-15-33(42)23-8-7-9-25(35)27(23)38(6)46-32(33)36-26/h7-9,14,18-19,21-22,24,26,28-29,32,36,42-43H,10-13,15-16H2,1-6H3/t18?,19-,22+,24-,26+,28-,29+,32-,33-,34-/m1/s1. The highest BCUT2D eigenvalue weighted by Gasteiger charge is 2.62. The Morgan fingerprint density at radius 1 is 1.20 bits per heavy atom. The summed E-state index contributed by atoms with van der Waals surface area (Å²) in [6, 6.07) is 4.20. The first-order chi connectivity index (χ1) is 21.7. The van der Waals surface area contributed by atoms with Crippen LogP contribution in [-0.2, 0) is 34.3 Å². The molecule has 1 aromatic rings. The molecule has 0 radical (unpaired) electrons. The number of hydroxylamine groups is 1. The van der Waals surface area contributed by atoms with Crippen LogP contribution in [0.15, 0.2) is 29.8 Å². The summed E-state index contributed by atoms with van der Waals surface area (Å²) >= 11 is 6.44. The van der Waals surface area contributed by atoms with E-state index in [0.717, 1.165) is 19.3 Å². The average Bonchev–Trinajstić information content (AvgIpc) is 3.78. The molecule has 0 aromatic heterocycles. The number of aliphatic hydroxyl groups is 2. The molecule has 2 heterocycles. The summed E-state index contributed by atoms with van der Waals surface area (Å²) in [5, 5.41) is 29.5. The van der Waals surface area contributed by atoms with E-state index in [2.05, 4.69) is 12.2 Å². The van der Waals surface area contributed by atoms with E-state index < -0.39 is 53.5 Å². The third-order valence-corrected chi connectivity index (χ3v) is 11.4. The third kappa shape index (κ3) is 5.51. The first-order valence-corrected chi connectivity index (χ1v) is 16.8. The van der Waals surface area contributed by atoms with Crippen molar-refractivity contribution in [3.05, 3.63) is 40.4 Å². The summed E-state index contributed by atoms with van der Waals surface area (Å²) in [6.45, 7) is 7.71. The Morgan fingerprint density at radius 3 is 2.59 bits per heavy atom. The first kappa shape index (κ1) is 33.2. The van der Waals surface area contributed by atoms with Crippen molar-refractivity contribution in [1.82, 2.24) is 10.2 Å². The summed E-state index contributed by atoms with van der Waals surface area (Å²) in [7, 11) is 3.52. The Kier molecular flexibility index (Phi) is 8.72. The molecule has 1 amide bonds. The molecule has 3 N–H and O–H groups in total. The Labute approximate surface area is 275 Å². The predicted molar refractivity (Wildman–Crippen MR) is 169 cm³/mol. The Balaban J connectivity index is 1.28. The summed E-state index contributed by atoms with van der Waals surface area (Å²) in [5.74, 6) is -1.63. The number of nitrogens with zero attached hydrogens (tertiary/aromatic N) is 2. The van der Waals surface area contributed by atoms with Gasteiger partial charge < -0.3 is 24.6 Å². The van der Waals surface area contributed by atoms with E-state index in [-0.39, 0.29) is 36.0 Å². The van der Waals surface area contributed by atoms with E-state index in [9.17, 15) is 24.6 Å². The van der Waals surface area contributed by atoms with Crippen LogP contribution >= 0.6 is 11.6 Å². The highest BCUT2D eigenvalue weighted by molar-refractivity contribution is 6.33. The number of nitrogens with one attached hydrogen (secondary N) is 1. The highest BCUT2D eigenvalue weighted by Crippen LogP contribution is 2.53. The molecule has 5 aliphatic rings. The van der Waals surface area contributed by atoms with Gasteiger partial charge in [-0.1, -0.05) is 43.7 Å². The summed E-state index contributed by atoms with van der Waals surface area (Å²) in [4.78, 5) is 46.8. The van der Waals surface area contributed by atoms with Gasteiger partial charge in [-0.25, -0.2) is 0 Å². The Morgan fingerprint density at radius 2 is 1.91 bits per heavy atom. The number of fused-ring (bicyclic) bond motifs is 4. The molecule has 0 spiro atoms. The van der Waals surface area contributed by atoms with Crippen LogP contribution in [0.1, 0.15) is 65.4 Å². The molecule has 252 valence electrons. The van der Waals surface area contributed by atoms with Gasteiger partial charge in [0.2, 0.25) is 5.91 Å². The lowest BCUT2D eigenvalue weighted by Crippen LogP contribution is -2.66. The van der Waals surface area contributed by atoms with Crippen molar-refractivity contribution in [2.24, 2.45) is 29.6 Å². The maximum atomic E-state index is 14.0. The van der Waals surface area contributed by atoms with Gasteiger partial charge in [0.1, 0.15) is 17.2 Å². The Hall–Kier alpha value is -2.70. The predicted octanol–water partition coefficient (Wildman–Crippen LogP) is 3.30. The molecule has 2 saturated carbocycles. The number of esters is 2. The highest BCUT2D eigenvalue weighted by atomic mass is 35.5. The van der Waals surface area contributed by atoms with Crippen molar-refractivity contribution in [2.45, 2.75) is 95.5 Å². The fourth-order valence-electron chi connectivity index (χ4n) is 8.46. The van der Waals surface area contributed by atoms with Crippen LogP contribution in [0.4, 0.5) is 5.69 Å². The SMILES string of the molecule is CC(=O)O[C@@H]1C(C)=C[C@@H]2[C@H](C(C)CN(C)C(=O)C3CC3)CC[C@@H](C)[C@]2(O)[C@H]1OC(=O)[C@@H]1C[C@@]2(O)c3cccc(Cl)c3N(C)O[C@H]2N1. The molecule has 11 nitrogen and oxygen atoms in total. The minimum atomic E-state index is -1.57. The number of benzene rings is 1. The normalized spacial score (nSPS) is 37.3. The second-order valence-corrected chi connectivity index (χ2v) is 14.7. The maximum Gasteiger partial charge on any atom is 0.323 e. The van der Waals surface area contributed by atoms with E-state index in [1.54, 1.807) is 30.1 Å². The number of para-hydroxylation sites is 1. The van der Waals surface area contributed by atoms with Crippen molar-refractivity contribution >= 4 is 35.1 Å². The molecule has 2 aliphatic heterocycles. The molecule has 3 aliphatic carbocycles. The number of rotatable bonds is 7. The molecule has 1 aromatic carbocycles. The monoisotopic (exact) mass is 659 g/mol. The lowest BCUT2D eigenvalue weighted by molar-refractivity contribution is -0.225.